The maximum atomic E-state index is 5.82. The first-order chi connectivity index (χ1) is 12.3. The van der Waals surface area contributed by atoms with Gasteiger partial charge in [0.05, 0.1) is 25.8 Å². The Morgan fingerprint density at radius 1 is 1.20 bits per heavy atom. The van der Waals surface area contributed by atoms with Gasteiger partial charge in [-0.1, -0.05) is 17.7 Å². The van der Waals surface area contributed by atoms with Gasteiger partial charge in [0.25, 0.3) is 0 Å². The average molecular weight is 340 g/mol. The lowest BCUT2D eigenvalue weighted by atomic mass is 10.1. The SMILES string of the molecule is Cc1ccc(-c2nnc(CN3CCO[C@@H](Cn4cncn4)C3)o2)cc1. The minimum Gasteiger partial charge on any atom is -0.419 e. The fourth-order valence-electron chi connectivity index (χ4n) is 2.89. The third kappa shape index (κ3) is 3.92. The summed E-state index contributed by atoms with van der Waals surface area (Å²) in [6, 6.07) is 8.07. The molecule has 8 nitrogen and oxygen atoms in total. The summed E-state index contributed by atoms with van der Waals surface area (Å²) in [6.45, 7) is 5.68. The van der Waals surface area contributed by atoms with Gasteiger partial charge in [-0.05, 0) is 19.1 Å². The molecule has 1 aliphatic heterocycles. The predicted octanol–water partition coefficient (Wildman–Crippen LogP) is 1.54. The smallest absolute Gasteiger partial charge is 0.247 e. The van der Waals surface area contributed by atoms with Crippen LogP contribution in [0.15, 0.2) is 41.3 Å². The van der Waals surface area contributed by atoms with Crippen molar-refractivity contribution >= 4 is 0 Å². The molecule has 0 bridgehead atoms. The number of rotatable bonds is 5. The molecule has 2 aromatic heterocycles. The molecule has 1 aliphatic rings. The fraction of sp³-hybridized carbons (Fsp3) is 0.412. The van der Waals surface area contributed by atoms with Crippen LogP contribution in [0.3, 0.4) is 0 Å². The van der Waals surface area contributed by atoms with Crippen molar-refractivity contribution in [2.24, 2.45) is 0 Å². The van der Waals surface area contributed by atoms with Crippen LogP contribution in [0.4, 0.5) is 0 Å². The summed E-state index contributed by atoms with van der Waals surface area (Å²) in [5.74, 6) is 1.18. The third-order valence-corrected chi connectivity index (χ3v) is 4.20. The van der Waals surface area contributed by atoms with Gasteiger partial charge in [0, 0.05) is 18.7 Å². The lowest BCUT2D eigenvalue weighted by Crippen LogP contribution is -2.43. The normalized spacial score (nSPS) is 18.5. The van der Waals surface area contributed by atoms with Crippen molar-refractivity contribution in [3.8, 4) is 11.5 Å². The third-order valence-electron chi connectivity index (χ3n) is 4.20. The van der Waals surface area contributed by atoms with Crippen LogP contribution < -0.4 is 0 Å². The first-order valence-electron chi connectivity index (χ1n) is 8.32. The summed E-state index contributed by atoms with van der Waals surface area (Å²) < 4.78 is 13.4. The van der Waals surface area contributed by atoms with Crippen LogP contribution in [0, 0.1) is 6.92 Å². The van der Waals surface area contributed by atoms with E-state index >= 15 is 0 Å². The zero-order chi connectivity index (χ0) is 17.1. The lowest BCUT2D eigenvalue weighted by Gasteiger charge is -2.31. The maximum absolute atomic E-state index is 5.82. The Kier molecular flexibility index (Phi) is 4.53. The largest absolute Gasteiger partial charge is 0.419 e. The van der Waals surface area contributed by atoms with Crippen molar-refractivity contribution in [3.63, 3.8) is 0 Å². The van der Waals surface area contributed by atoms with Gasteiger partial charge in [-0.15, -0.1) is 10.2 Å². The molecule has 1 fully saturated rings. The average Bonchev–Trinajstić information content (AvgIpc) is 3.28. The summed E-state index contributed by atoms with van der Waals surface area (Å²) >= 11 is 0. The van der Waals surface area contributed by atoms with Crippen LogP contribution in [0.1, 0.15) is 11.5 Å². The molecule has 0 amide bonds. The number of nitrogens with zero attached hydrogens (tertiary/aromatic N) is 6. The van der Waals surface area contributed by atoms with Crippen molar-refractivity contribution < 1.29 is 9.15 Å². The molecule has 3 aromatic rings. The number of morpholine rings is 1. The topological polar surface area (TPSA) is 82.1 Å². The number of benzene rings is 1. The van der Waals surface area contributed by atoms with E-state index in [1.54, 1.807) is 11.0 Å². The van der Waals surface area contributed by atoms with Gasteiger partial charge in [0.2, 0.25) is 11.8 Å². The lowest BCUT2D eigenvalue weighted by molar-refractivity contribution is -0.0422. The summed E-state index contributed by atoms with van der Waals surface area (Å²) in [5, 5.41) is 12.5. The molecule has 8 heteroatoms. The summed E-state index contributed by atoms with van der Waals surface area (Å²) in [7, 11) is 0. The molecule has 1 saturated heterocycles. The van der Waals surface area contributed by atoms with Gasteiger partial charge in [-0.2, -0.15) is 5.10 Å². The summed E-state index contributed by atoms with van der Waals surface area (Å²) in [5.41, 5.74) is 2.14. The van der Waals surface area contributed by atoms with E-state index < -0.39 is 0 Å². The quantitative estimate of drug-likeness (QED) is 0.697. The molecule has 0 spiro atoms. The second-order valence-corrected chi connectivity index (χ2v) is 6.21. The number of aromatic nitrogens is 5. The Hall–Kier alpha value is -2.58. The van der Waals surface area contributed by atoms with Crippen LogP contribution in [0.2, 0.25) is 0 Å². The van der Waals surface area contributed by atoms with Gasteiger partial charge >= 0.3 is 0 Å². The number of hydrogen-bond donors (Lipinski definition) is 0. The fourth-order valence-corrected chi connectivity index (χ4v) is 2.89. The van der Waals surface area contributed by atoms with Crippen LogP contribution >= 0.6 is 0 Å². The van der Waals surface area contributed by atoms with Crippen molar-refractivity contribution in [1.29, 1.82) is 0 Å². The van der Waals surface area contributed by atoms with E-state index in [0.717, 1.165) is 18.7 Å². The van der Waals surface area contributed by atoms with E-state index in [9.17, 15) is 0 Å². The highest BCUT2D eigenvalue weighted by molar-refractivity contribution is 5.52. The van der Waals surface area contributed by atoms with Crippen LogP contribution in [-0.2, 0) is 17.8 Å². The molecule has 1 atom stereocenters. The maximum Gasteiger partial charge on any atom is 0.247 e. The Morgan fingerprint density at radius 2 is 2.08 bits per heavy atom. The predicted molar refractivity (Wildman–Crippen MR) is 89.5 cm³/mol. The second kappa shape index (κ2) is 7.12. The van der Waals surface area contributed by atoms with E-state index in [0.29, 0.717) is 31.5 Å². The van der Waals surface area contributed by atoms with Gasteiger partial charge in [0.1, 0.15) is 12.7 Å². The van der Waals surface area contributed by atoms with Gasteiger partial charge in [-0.25, -0.2) is 4.98 Å². The molecular weight excluding hydrogens is 320 g/mol. The number of ether oxygens (including phenoxy) is 1. The molecule has 3 heterocycles. The van der Waals surface area contributed by atoms with E-state index in [2.05, 4.69) is 32.1 Å². The molecule has 4 rings (SSSR count). The van der Waals surface area contributed by atoms with Crippen LogP contribution in [0.25, 0.3) is 11.5 Å². The molecule has 0 aliphatic carbocycles. The minimum atomic E-state index is 0.0786. The molecule has 1 aromatic carbocycles. The van der Waals surface area contributed by atoms with E-state index in [1.807, 2.05) is 24.3 Å². The molecule has 130 valence electrons. The molecule has 0 N–H and O–H groups in total. The Balaban J connectivity index is 1.37. The van der Waals surface area contributed by atoms with Gasteiger partial charge in [0.15, 0.2) is 0 Å². The van der Waals surface area contributed by atoms with Crippen molar-refractivity contribution in [2.45, 2.75) is 26.1 Å². The molecular formula is C17H20N6O2. The van der Waals surface area contributed by atoms with Crippen LogP contribution in [-0.4, -0.2) is 55.7 Å². The van der Waals surface area contributed by atoms with Gasteiger partial charge in [-0.3, -0.25) is 9.58 Å². The zero-order valence-corrected chi connectivity index (χ0v) is 14.1. The second-order valence-electron chi connectivity index (χ2n) is 6.21. The van der Waals surface area contributed by atoms with Gasteiger partial charge < -0.3 is 9.15 Å². The van der Waals surface area contributed by atoms with Crippen molar-refractivity contribution in [1.82, 2.24) is 29.9 Å². The first-order valence-corrected chi connectivity index (χ1v) is 8.32. The Morgan fingerprint density at radius 3 is 2.88 bits per heavy atom. The number of aryl methyl sites for hydroxylation is 1. The number of hydrogen-bond acceptors (Lipinski definition) is 7. The summed E-state index contributed by atoms with van der Waals surface area (Å²) in [6.07, 6.45) is 3.31. The highest BCUT2D eigenvalue weighted by Gasteiger charge is 2.23. The molecule has 0 saturated carbocycles. The van der Waals surface area contributed by atoms with E-state index in [-0.39, 0.29) is 6.10 Å². The standard InChI is InChI=1S/C17H20N6O2/c1-13-2-4-14(5-3-13)17-21-20-16(25-17)10-22-6-7-24-15(8-22)9-23-12-18-11-19-23/h2-5,11-12,15H,6-10H2,1H3/t15-/m1/s1. The molecule has 25 heavy (non-hydrogen) atoms. The van der Waals surface area contributed by atoms with E-state index in [4.69, 9.17) is 9.15 Å². The monoisotopic (exact) mass is 340 g/mol. The zero-order valence-electron chi connectivity index (χ0n) is 14.1. The van der Waals surface area contributed by atoms with Crippen molar-refractivity contribution in [3.05, 3.63) is 48.4 Å². The highest BCUT2D eigenvalue weighted by Crippen LogP contribution is 2.19. The Labute approximate surface area is 145 Å². The molecule has 0 unspecified atom stereocenters. The molecule has 0 radical (unpaired) electrons. The minimum absolute atomic E-state index is 0.0786. The Bertz CT molecular complexity index is 799. The van der Waals surface area contributed by atoms with Crippen molar-refractivity contribution in [2.75, 3.05) is 19.7 Å². The van der Waals surface area contributed by atoms with Crippen LogP contribution in [0.5, 0.6) is 0 Å². The summed E-state index contributed by atoms with van der Waals surface area (Å²) in [4.78, 5) is 6.22. The first kappa shape index (κ1) is 15.9. The highest BCUT2D eigenvalue weighted by atomic mass is 16.5. The van der Waals surface area contributed by atoms with E-state index in [1.165, 1.54) is 11.9 Å².